The Kier molecular flexibility index (Phi) is 5.14. The summed E-state index contributed by atoms with van der Waals surface area (Å²) in [4.78, 5) is 24.7. The molecule has 0 aliphatic rings. The summed E-state index contributed by atoms with van der Waals surface area (Å²) in [6.07, 6.45) is 0. The van der Waals surface area contributed by atoms with Crippen LogP contribution in [0.15, 0.2) is 54.6 Å². The van der Waals surface area contributed by atoms with Gasteiger partial charge >= 0.3 is 0 Å². The Morgan fingerprint density at radius 1 is 0.955 bits per heavy atom. The van der Waals surface area contributed by atoms with Crippen LogP contribution < -0.4 is 15.5 Å². The van der Waals surface area contributed by atoms with Gasteiger partial charge in [0.1, 0.15) is 0 Å². The van der Waals surface area contributed by atoms with Crippen LogP contribution in [0.4, 0.5) is 17.1 Å². The van der Waals surface area contributed by atoms with Crippen LogP contribution in [-0.4, -0.2) is 25.4 Å². The molecule has 0 aliphatic carbocycles. The molecule has 0 unspecified atom stereocenters. The number of para-hydroxylation sites is 1. The summed E-state index contributed by atoms with van der Waals surface area (Å²) in [6.45, 7) is 1.70. The number of anilines is 3. The number of carbonyl (C=O) groups excluding carboxylic acids is 2. The molecule has 0 fully saturated rings. The summed E-state index contributed by atoms with van der Waals surface area (Å²) < 4.78 is 0. The topological polar surface area (TPSA) is 61.4 Å². The number of rotatable bonds is 5. The summed E-state index contributed by atoms with van der Waals surface area (Å²) in [5, 5.41) is 5.85. The minimum atomic E-state index is -0.128. The van der Waals surface area contributed by atoms with Crippen LogP contribution in [-0.2, 0) is 9.59 Å². The molecule has 2 N–H and O–H groups in total. The Labute approximate surface area is 129 Å². The van der Waals surface area contributed by atoms with E-state index >= 15 is 0 Å². The number of nitrogens with zero attached hydrogens (tertiary/aromatic N) is 1. The molecule has 2 rings (SSSR count). The van der Waals surface area contributed by atoms with Crippen LogP contribution in [0.2, 0.25) is 0 Å². The maximum Gasteiger partial charge on any atom is 0.243 e. The van der Waals surface area contributed by atoms with Crippen molar-refractivity contribution in [1.29, 1.82) is 0 Å². The fourth-order valence-electron chi connectivity index (χ4n) is 1.89. The highest BCUT2D eigenvalue weighted by atomic mass is 16.2. The van der Waals surface area contributed by atoms with E-state index < -0.39 is 0 Å². The quantitative estimate of drug-likeness (QED) is 0.892. The van der Waals surface area contributed by atoms with E-state index in [4.69, 9.17) is 0 Å². The molecule has 0 atom stereocenters. The zero-order valence-electron chi connectivity index (χ0n) is 12.7. The first kappa shape index (κ1) is 15.6. The molecule has 2 amide bonds. The molecule has 0 bridgehead atoms. The second kappa shape index (κ2) is 7.26. The highest BCUT2D eigenvalue weighted by Crippen LogP contribution is 2.17. The van der Waals surface area contributed by atoms with Gasteiger partial charge in [-0.15, -0.1) is 0 Å². The maximum absolute atomic E-state index is 11.9. The molecule has 114 valence electrons. The van der Waals surface area contributed by atoms with Gasteiger partial charge in [0.05, 0.1) is 6.54 Å². The van der Waals surface area contributed by atoms with Gasteiger partial charge in [0.2, 0.25) is 11.8 Å². The first-order valence-electron chi connectivity index (χ1n) is 6.99. The van der Waals surface area contributed by atoms with Crippen molar-refractivity contribution in [1.82, 2.24) is 0 Å². The lowest BCUT2D eigenvalue weighted by Gasteiger charge is -2.15. The fourth-order valence-corrected chi connectivity index (χ4v) is 1.89. The molecule has 0 saturated heterocycles. The predicted octanol–water partition coefficient (Wildman–Crippen LogP) is 2.72. The maximum atomic E-state index is 11.9. The summed E-state index contributed by atoms with van der Waals surface area (Å²) in [6, 6.07) is 16.7. The summed E-state index contributed by atoms with van der Waals surface area (Å²) in [5.41, 5.74) is 2.38. The molecule has 0 saturated carbocycles. The summed E-state index contributed by atoms with van der Waals surface area (Å²) in [7, 11) is 1.71. The smallest absolute Gasteiger partial charge is 0.243 e. The van der Waals surface area contributed by atoms with Crippen molar-refractivity contribution in [2.45, 2.75) is 6.92 Å². The second-order valence-electron chi connectivity index (χ2n) is 4.89. The van der Waals surface area contributed by atoms with Gasteiger partial charge in [-0.1, -0.05) is 18.2 Å². The van der Waals surface area contributed by atoms with Crippen LogP contribution in [0.3, 0.4) is 0 Å². The number of carbonyl (C=O) groups is 2. The van der Waals surface area contributed by atoms with E-state index in [1.807, 2.05) is 30.3 Å². The van der Waals surface area contributed by atoms with Gasteiger partial charge in [0.25, 0.3) is 0 Å². The van der Waals surface area contributed by atoms with Gasteiger partial charge in [-0.25, -0.2) is 0 Å². The number of benzene rings is 2. The highest BCUT2D eigenvalue weighted by Gasteiger charge is 2.06. The first-order valence-corrected chi connectivity index (χ1v) is 6.99. The molecule has 2 aromatic carbocycles. The number of nitrogens with one attached hydrogen (secondary N) is 2. The zero-order chi connectivity index (χ0) is 15.9. The van der Waals surface area contributed by atoms with Crippen LogP contribution in [0.25, 0.3) is 0 Å². The lowest BCUT2D eigenvalue weighted by atomic mass is 10.2. The number of amides is 2. The standard InChI is InChI=1S/C17H19N3O2/c1-13(21)20(2)16-10-8-15(9-11-16)19-17(22)12-18-14-6-4-3-5-7-14/h3-11,18H,12H2,1-2H3,(H,19,22). The average Bonchev–Trinajstić information content (AvgIpc) is 2.54. The van der Waals surface area contributed by atoms with Crippen LogP contribution in [0.1, 0.15) is 6.92 Å². The third kappa shape index (κ3) is 4.34. The average molecular weight is 297 g/mol. The van der Waals surface area contributed by atoms with Crippen molar-refractivity contribution < 1.29 is 9.59 Å². The third-order valence-corrected chi connectivity index (χ3v) is 3.24. The monoisotopic (exact) mass is 297 g/mol. The Hall–Kier alpha value is -2.82. The van der Waals surface area contributed by atoms with E-state index in [1.165, 1.54) is 6.92 Å². The van der Waals surface area contributed by atoms with Gasteiger partial charge in [0.15, 0.2) is 0 Å². The van der Waals surface area contributed by atoms with Gasteiger partial charge in [-0.3, -0.25) is 9.59 Å². The largest absolute Gasteiger partial charge is 0.376 e. The van der Waals surface area contributed by atoms with Gasteiger partial charge < -0.3 is 15.5 Å². The molecule has 22 heavy (non-hydrogen) atoms. The molecule has 0 radical (unpaired) electrons. The zero-order valence-corrected chi connectivity index (χ0v) is 12.7. The number of hydrogen-bond acceptors (Lipinski definition) is 3. The Balaban J connectivity index is 1.88. The van der Waals surface area contributed by atoms with E-state index in [0.717, 1.165) is 11.4 Å². The van der Waals surface area contributed by atoms with Crippen LogP contribution in [0.5, 0.6) is 0 Å². The third-order valence-electron chi connectivity index (χ3n) is 3.24. The fraction of sp³-hybridized carbons (Fsp3) is 0.176. The van der Waals surface area contributed by atoms with E-state index in [1.54, 1.807) is 36.2 Å². The van der Waals surface area contributed by atoms with Crippen molar-refractivity contribution in [2.24, 2.45) is 0 Å². The molecule has 2 aromatic rings. The molecular weight excluding hydrogens is 278 g/mol. The van der Waals surface area contributed by atoms with E-state index in [0.29, 0.717) is 5.69 Å². The van der Waals surface area contributed by atoms with E-state index in [2.05, 4.69) is 10.6 Å². The second-order valence-corrected chi connectivity index (χ2v) is 4.89. The van der Waals surface area contributed by atoms with Crippen LogP contribution in [0, 0.1) is 0 Å². The van der Waals surface area contributed by atoms with Gasteiger partial charge in [-0.2, -0.15) is 0 Å². The van der Waals surface area contributed by atoms with Gasteiger partial charge in [0, 0.05) is 31.0 Å². The number of hydrogen-bond donors (Lipinski definition) is 2. The van der Waals surface area contributed by atoms with Crippen molar-refractivity contribution in [3.8, 4) is 0 Å². The molecular formula is C17H19N3O2. The molecule has 5 nitrogen and oxygen atoms in total. The molecule has 0 heterocycles. The minimum absolute atomic E-state index is 0.0381. The summed E-state index contributed by atoms with van der Waals surface area (Å²) >= 11 is 0. The minimum Gasteiger partial charge on any atom is -0.376 e. The Morgan fingerprint density at radius 2 is 1.59 bits per heavy atom. The Bertz CT molecular complexity index is 639. The van der Waals surface area contributed by atoms with Crippen molar-refractivity contribution in [3.05, 3.63) is 54.6 Å². The van der Waals surface area contributed by atoms with Crippen molar-refractivity contribution in [2.75, 3.05) is 29.1 Å². The van der Waals surface area contributed by atoms with E-state index in [9.17, 15) is 9.59 Å². The van der Waals surface area contributed by atoms with Crippen molar-refractivity contribution >= 4 is 28.9 Å². The van der Waals surface area contributed by atoms with Crippen molar-refractivity contribution in [3.63, 3.8) is 0 Å². The van der Waals surface area contributed by atoms with Crippen LogP contribution >= 0.6 is 0 Å². The molecule has 0 spiro atoms. The molecule has 0 aliphatic heterocycles. The lowest BCUT2D eigenvalue weighted by molar-refractivity contribution is -0.116. The normalized spacial score (nSPS) is 9.91. The van der Waals surface area contributed by atoms with Gasteiger partial charge in [-0.05, 0) is 36.4 Å². The first-order chi connectivity index (χ1) is 10.6. The Morgan fingerprint density at radius 3 is 2.18 bits per heavy atom. The van der Waals surface area contributed by atoms with E-state index in [-0.39, 0.29) is 18.4 Å². The summed E-state index contributed by atoms with van der Waals surface area (Å²) in [5.74, 6) is -0.166. The highest BCUT2D eigenvalue weighted by molar-refractivity contribution is 5.94. The molecule has 0 aromatic heterocycles. The lowest BCUT2D eigenvalue weighted by Crippen LogP contribution is -2.23. The predicted molar refractivity (Wildman–Crippen MR) is 89.1 cm³/mol. The molecule has 5 heteroatoms. The SMILES string of the molecule is CC(=O)N(C)c1ccc(NC(=O)CNc2ccccc2)cc1.